The Balaban J connectivity index is 3.37. The molecule has 0 aliphatic carbocycles. The normalized spacial score (nSPS) is 12.6. The maximum Gasteiger partial charge on any atom is 0.242 e. The molecule has 0 aliphatic rings. The van der Waals surface area contributed by atoms with Crippen LogP contribution in [0, 0.1) is 0 Å². The summed E-state index contributed by atoms with van der Waals surface area (Å²) in [6.07, 6.45) is 3.52. The Labute approximate surface area is 134 Å². The lowest BCUT2D eigenvalue weighted by Crippen LogP contribution is -2.31. The molecule has 0 aromatic heterocycles. The fraction of sp³-hybridized carbons (Fsp3) is 0.647. The van der Waals surface area contributed by atoms with Gasteiger partial charge in [0, 0.05) is 4.47 Å². The summed E-state index contributed by atoms with van der Waals surface area (Å²) in [5.74, 6) is 1.15. The van der Waals surface area contributed by atoms with Crippen LogP contribution < -0.4 is 4.43 Å². The van der Waals surface area contributed by atoms with Gasteiger partial charge in [-0.1, -0.05) is 50.0 Å². The Bertz CT molecular complexity index is 455. The van der Waals surface area contributed by atoms with Crippen LogP contribution in [0.3, 0.4) is 0 Å². The molecule has 1 aromatic rings. The van der Waals surface area contributed by atoms with E-state index in [4.69, 9.17) is 4.43 Å². The van der Waals surface area contributed by atoms with Crippen molar-refractivity contribution in [3.05, 3.63) is 27.7 Å². The molecular weight excluding hydrogens is 328 g/mol. The lowest BCUT2D eigenvalue weighted by molar-refractivity contribution is 0.500. The molecule has 0 unspecified atom stereocenters. The average Bonchev–Trinajstić information content (AvgIpc) is 2.25. The van der Waals surface area contributed by atoms with Gasteiger partial charge in [-0.05, 0) is 61.2 Å². The van der Waals surface area contributed by atoms with E-state index in [0.717, 1.165) is 16.6 Å². The van der Waals surface area contributed by atoms with Gasteiger partial charge in [0.25, 0.3) is 0 Å². The topological polar surface area (TPSA) is 9.23 Å². The summed E-state index contributed by atoms with van der Waals surface area (Å²) < 4.78 is 7.62. The first kappa shape index (κ1) is 17.8. The van der Waals surface area contributed by atoms with Gasteiger partial charge in [-0.15, -0.1) is 0 Å². The van der Waals surface area contributed by atoms with Gasteiger partial charge >= 0.3 is 0 Å². The maximum absolute atomic E-state index is 6.46. The molecule has 0 bridgehead atoms. The van der Waals surface area contributed by atoms with Crippen LogP contribution >= 0.6 is 15.9 Å². The zero-order valence-corrected chi connectivity index (χ0v) is 16.6. The summed E-state index contributed by atoms with van der Waals surface area (Å²) in [6, 6.07) is 4.46. The molecule has 0 atom stereocenters. The van der Waals surface area contributed by atoms with Crippen molar-refractivity contribution in [3.8, 4) is 5.75 Å². The van der Waals surface area contributed by atoms with Crippen molar-refractivity contribution in [2.75, 3.05) is 0 Å². The molecule has 1 nitrogen and oxygen atoms in total. The van der Waals surface area contributed by atoms with E-state index in [1.807, 2.05) is 0 Å². The van der Waals surface area contributed by atoms with E-state index in [2.05, 4.69) is 75.4 Å². The number of hydrogen-bond acceptors (Lipinski definition) is 1. The standard InChI is InChI=1S/C17H29BrOSi/c1-8-9-10-13-11-14(18)12-15(17(2,3)4)16(13)19-20(5,6)7/h11-12H,8-10H2,1-7H3. The van der Waals surface area contributed by atoms with Crippen molar-refractivity contribution in [1.82, 2.24) is 0 Å². The number of halogens is 1. The quantitative estimate of drug-likeness (QED) is 0.562. The molecular formula is C17H29BrOSi. The fourth-order valence-corrected chi connectivity index (χ4v) is 3.55. The first-order valence-electron chi connectivity index (χ1n) is 7.56. The Morgan fingerprint density at radius 3 is 2.20 bits per heavy atom. The molecule has 0 amide bonds. The molecule has 0 fully saturated rings. The highest BCUT2D eigenvalue weighted by Gasteiger charge is 2.26. The molecule has 1 rings (SSSR count). The van der Waals surface area contributed by atoms with Crippen molar-refractivity contribution in [3.63, 3.8) is 0 Å². The van der Waals surface area contributed by atoms with Gasteiger partial charge in [0.1, 0.15) is 5.75 Å². The summed E-state index contributed by atoms with van der Waals surface area (Å²) in [4.78, 5) is 0. The molecule has 0 spiro atoms. The first-order chi connectivity index (χ1) is 9.04. The van der Waals surface area contributed by atoms with Gasteiger partial charge in [-0.3, -0.25) is 0 Å². The minimum absolute atomic E-state index is 0.0970. The second kappa shape index (κ2) is 6.65. The van der Waals surface area contributed by atoms with Gasteiger partial charge in [0.15, 0.2) is 0 Å². The second-order valence-corrected chi connectivity index (χ2v) is 12.9. The van der Waals surface area contributed by atoms with Crippen LogP contribution in [-0.2, 0) is 11.8 Å². The van der Waals surface area contributed by atoms with Gasteiger partial charge in [0.2, 0.25) is 8.32 Å². The van der Waals surface area contributed by atoms with Gasteiger partial charge in [-0.2, -0.15) is 0 Å². The molecule has 1 aromatic carbocycles. The van der Waals surface area contributed by atoms with E-state index >= 15 is 0 Å². The Hall–Kier alpha value is -0.283. The average molecular weight is 357 g/mol. The van der Waals surface area contributed by atoms with E-state index in [1.54, 1.807) is 0 Å². The van der Waals surface area contributed by atoms with E-state index < -0.39 is 8.32 Å². The highest BCUT2D eigenvalue weighted by Crippen LogP contribution is 2.38. The molecule has 0 N–H and O–H groups in total. The second-order valence-electron chi connectivity index (χ2n) is 7.51. The number of benzene rings is 1. The number of rotatable bonds is 5. The van der Waals surface area contributed by atoms with Crippen LogP contribution in [0.25, 0.3) is 0 Å². The Morgan fingerprint density at radius 2 is 1.75 bits per heavy atom. The third-order valence-electron chi connectivity index (χ3n) is 3.15. The maximum atomic E-state index is 6.46. The monoisotopic (exact) mass is 356 g/mol. The van der Waals surface area contributed by atoms with Crippen LogP contribution in [0.5, 0.6) is 5.75 Å². The van der Waals surface area contributed by atoms with E-state index in [0.29, 0.717) is 0 Å². The minimum Gasteiger partial charge on any atom is -0.544 e. The Morgan fingerprint density at radius 1 is 1.15 bits per heavy atom. The van der Waals surface area contributed by atoms with Crippen LogP contribution in [-0.4, -0.2) is 8.32 Å². The van der Waals surface area contributed by atoms with Crippen molar-refractivity contribution < 1.29 is 4.43 Å². The van der Waals surface area contributed by atoms with Crippen LogP contribution in [0.4, 0.5) is 0 Å². The molecule has 20 heavy (non-hydrogen) atoms. The first-order valence-corrected chi connectivity index (χ1v) is 11.8. The van der Waals surface area contributed by atoms with Gasteiger partial charge < -0.3 is 4.43 Å². The molecule has 0 saturated carbocycles. The zero-order chi connectivity index (χ0) is 15.6. The number of unbranched alkanes of at least 4 members (excludes halogenated alkanes) is 1. The summed E-state index contributed by atoms with van der Waals surface area (Å²) in [6.45, 7) is 15.8. The third kappa shape index (κ3) is 5.25. The van der Waals surface area contributed by atoms with Gasteiger partial charge in [0.05, 0.1) is 0 Å². The predicted molar refractivity (Wildman–Crippen MR) is 95.4 cm³/mol. The van der Waals surface area contributed by atoms with E-state index in [-0.39, 0.29) is 5.41 Å². The van der Waals surface area contributed by atoms with Crippen molar-refractivity contribution >= 4 is 24.2 Å². The molecule has 0 radical (unpaired) electrons. The third-order valence-corrected chi connectivity index (χ3v) is 4.42. The zero-order valence-electron chi connectivity index (χ0n) is 14.1. The van der Waals surface area contributed by atoms with Crippen LogP contribution in [0.15, 0.2) is 16.6 Å². The van der Waals surface area contributed by atoms with Crippen LogP contribution in [0.1, 0.15) is 51.7 Å². The molecule has 0 heterocycles. The van der Waals surface area contributed by atoms with Gasteiger partial charge in [-0.25, -0.2) is 0 Å². The van der Waals surface area contributed by atoms with Crippen molar-refractivity contribution in [2.45, 2.75) is 72.0 Å². The largest absolute Gasteiger partial charge is 0.544 e. The molecule has 0 aliphatic heterocycles. The SMILES string of the molecule is CCCCc1cc(Br)cc(C(C)(C)C)c1O[Si](C)(C)C. The predicted octanol–water partition coefficient (Wildman–Crippen LogP) is 6.30. The lowest BCUT2D eigenvalue weighted by Gasteiger charge is -2.30. The summed E-state index contributed by atoms with van der Waals surface area (Å²) in [5, 5.41) is 0. The summed E-state index contributed by atoms with van der Waals surface area (Å²) in [5.41, 5.74) is 2.77. The minimum atomic E-state index is -1.61. The van der Waals surface area contributed by atoms with Crippen molar-refractivity contribution in [2.24, 2.45) is 0 Å². The Kier molecular flexibility index (Phi) is 5.91. The molecule has 0 saturated heterocycles. The summed E-state index contributed by atoms with van der Waals surface area (Å²) in [7, 11) is -1.61. The number of aryl methyl sites for hydroxylation is 1. The van der Waals surface area contributed by atoms with E-state index in [1.165, 1.54) is 24.0 Å². The summed E-state index contributed by atoms with van der Waals surface area (Å²) >= 11 is 3.67. The van der Waals surface area contributed by atoms with E-state index in [9.17, 15) is 0 Å². The van der Waals surface area contributed by atoms with Crippen LogP contribution in [0.2, 0.25) is 19.6 Å². The molecule has 114 valence electrons. The lowest BCUT2D eigenvalue weighted by atomic mass is 9.84. The van der Waals surface area contributed by atoms with Crippen molar-refractivity contribution in [1.29, 1.82) is 0 Å². The highest BCUT2D eigenvalue weighted by atomic mass is 79.9. The molecule has 3 heteroatoms. The fourth-order valence-electron chi connectivity index (χ4n) is 2.19. The highest BCUT2D eigenvalue weighted by molar-refractivity contribution is 9.10. The smallest absolute Gasteiger partial charge is 0.242 e. The number of hydrogen-bond donors (Lipinski definition) is 0.